The van der Waals surface area contributed by atoms with Crippen molar-refractivity contribution in [1.29, 1.82) is 0 Å². The summed E-state index contributed by atoms with van der Waals surface area (Å²) in [5, 5.41) is 3.12. The summed E-state index contributed by atoms with van der Waals surface area (Å²) >= 11 is 0. The number of nitrogens with one attached hydrogen (secondary N) is 1. The minimum absolute atomic E-state index is 0.360. The van der Waals surface area contributed by atoms with Crippen LogP contribution in [0.4, 0.5) is 5.69 Å². The van der Waals surface area contributed by atoms with Crippen molar-refractivity contribution < 1.29 is 8.42 Å². The number of rotatable bonds is 3. The zero-order chi connectivity index (χ0) is 10.8. The minimum atomic E-state index is -3.10. The van der Waals surface area contributed by atoms with Crippen molar-refractivity contribution >= 4 is 15.5 Å². The molecule has 0 fully saturated rings. The van der Waals surface area contributed by atoms with Crippen LogP contribution in [0.3, 0.4) is 0 Å². The molecule has 0 atom stereocenters. The van der Waals surface area contributed by atoms with Gasteiger partial charge in [0.05, 0.1) is 4.90 Å². The van der Waals surface area contributed by atoms with Gasteiger partial charge in [0.15, 0.2) is 9.84 Å². The van der Waals surface area contributed by atoms with Crippen molar-refractivity contribution in [2.75, 3.05) is 18.1 Å². The highest BCUT2D eigenvalue weighted by Gasteiger charge is 2.08. The average molecular weight is 213 g/mol. The zero-order valence-corrected chi connectivity index (χ0v) is 9.48. The van der Waals surface area contributed by atoms with Crippen molar-refractivity contribution in [1.82, 2.24) is 0 Å². The van der Waals surface area contributed by atoms with Crippen molar-refractivity contribution in [3.8, 4) is 0 Å². The van der Waals surface area contributed by atoms with Crippen LogP contribution in [0.5, 0.6) is 0 Å². The van der Waals surface area contributed by atoms with Gasteiger partial charge in [0.25, 0.3) is 0 Å². The van der Waals surface area contributed by atoms with Crippen LogP contribution in [-0.4, -0.2) is 21.2 Å². The Morgan fingerprint density at radius 1 is 1.36 bits per heavy atom. The standard InChI is InChI=1S/C10H15NO2S/c1-4-11-10-7-9(14(3,12)13)6-5-8(10)2/h5-7,11H,4H2,1-3H3. The highest BCUT2D eigenvalue weighted by Crippen LogP contribution is 2.19. The fraction of sp³-hybridized carbons (Fsp3) is 0.400. The maximum absolute atomic E-state index is 11.3. The molecule has 0 aliphatic rings. The second kappa shape index (κ2) is 4.00. The Morgan fingerprint density at radius 3 is 2.50 bits per heavy atom. The molecule has 4 heteroatoms. The average Bonchev–Trinajstić information content (AvgIpc) is 2.07. The largest absolute Gasteiger partial charge is 0.385 e. The van der Waals surface area contributed by atoms with Crippen molar-refractivity contribution in [2.24, 2.45) is 0 Å². The quantitative estimate of drug-likeness (QED) is 0.833. The number of aryl methyl sites for hydroxylation is 1. The molecule has 0 unspecified atom stereocenters. The Balaban J connectivity index is 3.20. The Morgan fingerprint density at radius 2 is 2.00 bits per heavy atom. The van der Waals surface area contributed by atoms with Crippen molar-refractivity contribution in [3.05, 3.63) is 23.8 Å². The lowest BCUT2D eigenvalue weighted by atomic mass is 10.2. The van der Waals surface area contributed by atoms with Crippen LogP contribution >= 0.6 is 0 Å². The van der Waals surface area contributed by atoms with Gasteiger partial charge in [0.2, 0.25) is 0 Å². The molecule has 14 heavy (non-hydrogen) atoms. The Labute approximate surface area is 85.1 Å². The van der Waals surface area contributed by atoms with Crippen LogP contribution in [0.1, 0.15) is 12.5 Å². The van der Waals surface area contributed by atoms with Crippen LogP contribution < -0.4 is 5.32 Å². The molecule has 1 rings (SSSR count). The zero-order valence-electron chi connectivity index (χ0n) is 8.66. The number of sulfone groups is 1. The van der Waals surface area contributed by atoms with E-state index in [0.717, 1.165) is 17.8 Å². The van der Waals surface area contributed by atoms with Crippen molar-refractivity contribution in [3.63, 3.8) is 0 Å². The van der Waals surface area contributed by atoms with Gasteiger partial charge in [0.1, 0.15) is 0 Å². The van der Waals surface area contributed by atoms with Gasteiger partial charge in [-0.2, -0.15) is 0 Å². The predicted molar refractivity (Wildman–Crippen MR) is 58.5 cm³/mol. The number of hydrogen-bond donors (Lipinski definition) is 1. The smallest absolute Gasteiger partial charge is 0.175 e. The molecule has 78 valence electrons. The first-order valence-corrected chi connectivity index (χ1v) is 6.39. The van der Waals surface area contributed by atoms with Crippen molar-refractivity contribution in [2.45, 2.75) is 18.7 Å². The first-order chi connectivity index (χ1) is 6.45. The van der Waals surface area contributed by atoms with Gasteiger partial charge in [-0.05, 0) is 31.5 Å². The topological polar surface area (TPSA) is 46.2 Å². The molecular formula is C10H15NO2S. The van der Waals surface area contributed by atoms with Crippen LogP contribution in [0.25, 0.3) is 0 Å². The molecule has 0 aliphatic heterocycles. The van der Waals surface area contributed by atoms with Gasteiger partial charge < -0.3 is 5.32 Å². The molecule has 0 aromatic heterocycles. The normalized spacial score (nSPS) is 11.4. The summed E-state index contributed by atoms with van der Waals surface area (Å²) in [5.74, 6) is 0. The van der Waals surface area contributed by atoms with Gasteiger partial charge in [-0.3, -0.25) is 0 Å². The van der Waals surface area contributed by atoms with E-state index in [2.05, 4.69) is 5.32 Å². The Kier molecular flexibility index (Phi) is 3.16. The minimum Gasteiger partial charge on any atom is -0.385 e. The summed E-state index contributed by atoms with van der Waals surface area (Å²) < 4.78 is 22.5. The fourth-order valence-corrected chi connectivity index (χ4v) is 1.86. The molecule has 0 saturated heterocycles. The van der Waals surface area contributed by atoms with Crippen LogP contribution in [-0.2, 0) is 9.84 Å². The molecule has 1 N–H and O–H groups in total. The highest BCUT2D eigenvalue weighted by molar-refractivity contribution is 7.90. The summed E-state index contributed by atoms with van der Waals surface area (Å²) in [7, 11) is -3.10. The molecule has 0 aliphatic carbocycles. The third-order valence-corrected chi connectivity index (χ3v) is 3.11. The van der Waals surface area contributed by atoms with Gasteiger partial charge in [0, 0.05) is 18.5 Å². The maximum Gasteiger partial charge on any atom is 0.175 e. The lowest BCUT2D eigenvalue weighted by Gasteiger charge is -2.08. The van der Waals surface area contributed by atoms with Crippen LogP contribution in [0.15, 0.2) is 23.1 Å². The first kappa shape index (κ1) is 11.0. The van der Waals surface area contributed by atoms with E-state index < -0.39 is 9.84 Å². The monoisotopic (exact) mass is 213 g/mol. The van der Waals surface area contributed by atoms with E-state index in [4.69, 9.17) is 0 Å². The van der Waals surface area contributed by atoms with Crippen LogP contribution in [0.2, 0.25) is 0 Å². The highest BCUT2D eigenvalue weighted by atomic mass is 32.2. The third-order valence-electron chi connectivity index (χ3n) is 2.00. The molecule has 0 radical (unpaired) electrons. The van der Waals surface area contributed by atoms with E-state index in [9.17, 15) is 8.42 Å². The van der Waals surface area contributed by atoms with Crippen LogP contribution in [0, 0.1) is 6.92 Å². The molecule has 3 nitrogen and oxygen atoms in total. The van der Waals surface area contributed by atoms with E-state index in [1.54, 1.807) is 12.1 Å². The lowest BCUT2D eigenvalue weighted by molar-refractivity contribution is 0.602. The first-order valence-electron chi connectivity index (χ1n) is 4.49. The fourth-order valence-electron chi connectivity index (χ4n) is 1.21. The van der Waals surface area contributed by atoms with E-state index in [0.29, 0.717) is 4.90 Å². The molecule has 0 bridgehead atoms. The van der Waals surface area contributed by atoms with Gasteiger partial charge >= 0.3 is 0 Å². The summed E-state index contributed by atoms with van der Waals surface area (Å²) in [6, 6.07) is 5.12. The molecule has 1 aromatic carbocycles. The Hall–Kier alpha value is -1.03. The Bertz CT molecular complexity index is 424. The van der Waals surface area contributed by atoms with Gasteiger partial charge in [-0.15, -0.1) is 0 Å². The molecular weight excluding hydrogens is 198 g/mol. The number of hydrogen-bond acceptors (Lipinski definition) is 3. The van der Waals surface area contributed by atoms with E-state index in [1.165, 1.54) is 6.26 Å². The molecule has 1 aromatic rings. The predicted octanol–water partition coefficient (Wildman–Crippen LogP) is 1.83. The second-order valence-electron chi connectivity index (χ2n) is 3.28. The lowest BCUT2D eigenvalue weighted by Crippen LogP contribution is -2.02. The summed E-state index contributed by atoms with van der Waals surface area (Å²) in [6.07, 6.45) is 1.22. The maximum atomic E-state index is 11.3. The molecule has 0 amide bonds. The summed E-state index contributed by atoms with van der Waals surface area (Å²) in [4.78, 5) is 0.360. The second-order valence-corrected chi connectivity index (χ2v) is 5.29. The SMILES string of the molecule is CCNc1cc(S(C)(=O)=O)ccc1C. The number of anilines is 1. The molecule has 0 spiro atoms. The van der Waals surface area contributed by atoms with Gasteiger partial charge in [-0.1, -0.05) is 6.07 Å². The van der Waals surface area contributed by atoms with E-state index in [-0.39, 0.29) is 0 Å². The summed E-state index contributed by atoms with van der Waals surface area (Å²) in [6.45, 7) is 4.71. The number of benzene rings is 1. The van der Waals surface area contributed by atoms with E-state index >= 15 is 0 Å². The molecule has 0 saturated carbocycles. The third kappa shape index (κ3) is 2.48. The van der Waals surface area contributed by atoms with Gasteiger partial charge in [-0.25, -0.2) is 8.42 Å². The van der Waals surface area contributed by atoms with E-state index in [1.807, 2.05) is 19.9 Å². The summed E-state index contributed by atoms with van der Waals surface area (Å²) in [5.41, 5.74) is 1.94. The molecule has 0 heterocycles.